The van der Waals surface area contributed by atoms with Crippen molar-refractivity contribution >= 4 is 17.7 Å². The lowest BCUT2D eigenvalue weighted by Gasteiger charge is -2.28. The third-order valence-corrected chi connectivity index (χ3v) is 5.45. The van der Waals surface area contributed by atoms with Crippen LogP contribution >= 0.6 is 11.8 Å². The first-order chi connectivity index (χ1) is 13.3. The monoisotopic (exact) mass is 381 g/mol. The molecule has 0 N–H and O–H groups in total. The smallest absolute Gasteiger partial charge is 0.232 e. The van der Waals surface area contributed by atoms with Crippen LogP contribution in [0, 0.1) is 6.92 Å². The van der Waals surface area contributed by atoms with E-state index in [1.807, 2.05) is 18.3 Å². The van der Waals surface area contributed by atoms with Crippen LogP contribution in [0.5, 0.6) is 0 Å². The number of hydrogen-bond acceptors (Lipinski definition) is 6. The minimum Gasteiger partial charge on any atom is -0.378 e. The molecule has 140 valence electrons. The average Bonchev–Trinajstić information content (AvgIpc) is 3.14. The maximum Gasteiger partial charge on any atom is 0.232 e. The van der Waals surface area contributed by atoms with E-state index in [4.69, 9.17) is 4.74 Å². The van der Waals surface area contributed by atoms with Crippen LogP contribution in [0.3, 0.4) is 0 Å². The quantitative estimate of drug-likeness (QED) is 0.612. The molecule has 1 aliphatic heterocycles. The largest absolute Gasteiger partial charge is 0.378 e. The molecule has 2 aromatic heterocycles. The van der Waals surface area contributed by atoms with Crippen molar-refractivity contribution < 1.29 is 4.74 Å². The molecule has 0 spiro atoms. The van der Waals surface area contributed by atoms with Crippen LogP contribution in [-0.2, 0) is 11.2 Å². The summed E-state index contributed by atoms with van der Waals surface area (Å²) in [4.78, 5) is 6.65. The molecule has 1 fully saturated rings. The first kappa shape index (κ1) is 18.0. The highest BCUT2D eigenvalue weighted by molar-refractivity contribution is 7.99. The number of aryl methyl sites for hydroxylation is 2. The highest BCUT2D eigenvalue weighted by Gasteiger charge is 2.21. The predicted octanol–water partition coefficient (Wildman–Crippen LogP) is 3.14. The van der Waals surface area contributed by atoms with Crippen LogP contribution in [0.4, 0.5) is 5.95 Å². The molecule has 0 bridgehead atoms. The number of hydrogen-bond donors (Lipinski definition) is 0. The summed E-state index contributed by atoms with van der Waals surface area (Å²) in [5.41, 5.74) is 3.43. The number of pyridine rings is 1. The van der Waals surface area contributed by atoms with E-state index in [1.165, 1.54) is 5.56 Å². The van der Waals surface area contributed by atoms with E-state index in [2.05, 4.69) is 61.9 Å². The molecule has 0 saturated carbocycles. The number of ether oxygens (including phenoxy) is 1. The van der Waals surface area contributed by atoms with Crippen molar-refractivity contribution in [2.24, 2.45) is 0 Å². The summed E-state index contributed by atoms with van der Waals surface area (Å²) in [6.07, 6.45) is 2.74. The molecule has 6 nitrogen and oxygen atoms in total. The number of benzene rings is 1. The van der Waals surface area contributed by atoms with Crippen LogP contribution in [0.1, 0.15) is 11.3 Å². The Kier molecular flexibility index (Phi) is 5.69. The molecule has 0 amide bonds. The Morgan fingerprint density at radius 3 is 2.59 bits per heavy atom. The lowest BCUT2D eigenvalue weighted by molar-refractivity contribution is 0.122. The molecular formula is C20H23N5OS. The van der Waals surface area contributed by atoms with Gasteiger partial charge in [0.1, 0.15) is 0 Å². The van der Waals surface area contributed by atoms with E-state index < -0.39 is 0 Å². The Balaban J connectivity index is 1.58. The van der Waals surface area contributed by atoms with Crippen molar-refractivity contribution in [1.82, 2.24) is 19.7 Å². The van der Waals surface area contributed by atoms with E-state index in [0.29, 0.717) is 0 Å². The van der Waals surface area contributed by atoms with Crippen LogP contribution in [0.25, 0.3) is 5.69 Å². The number of nitrogens with zero attached hydrogens (tertiary/aromatic N) is 5. The summed E-state index contributed by atoms with van der Waals surface area (Å²) in [5, 5.41) is 9.92. The summed E-state index contributed by atoms with van der Waals surface area (Å²) >= 11 is 1.72. The molecule has 0 atom stereocenters. The van der Waals surface area contributed by atoms with Crippen molar-refractivity contribution in [2.45, 2.75) is 18.5 Å². The molecule has 1 aliphatic rings. The fourth-order valence-corrected chi connectivity index (χ4v) is 3.95. The third-order valence-electron chi connectivity index (χ3n) is 4.52. The van der Waals surface area contributed by atoms with Gasteiger partial charge in [0.15, 0.2) is 5.16 Å². The van der Waals surface area contributed by atoms with Crippen LogP contribution < -0.4 is 4.90 Å². The minimum absolute atomic E-state index is 0.725. The molecule has 0 radical (unpaired) electrons. The highest BCUT2D eigenvalue weighted by atomic mass is 32.2. The molecule has 4 rings (SSSR count). The topological polar surface area (TPSA) is 56.1 Å². The van der Waals surface area contributed by atoms with E-state index in [1.54, 1.807) is 11.8 Å². The molecule has 3 heterocycles. The standard InChI is InChI=1S/C20H23N5OS/c1-16-5-7-18(8-6-16)25-19(24-11-13-26-14-12-24)22-23-20(25)27-15-9-17-4-2-3-10-21-17/h2-8,10H,9,11-15H2,1H3. The van der Waals surface area contributed by atoms with Gasteiger partial charge in [-0.2, -0.15) is 0 Å². The Hall–Kier alpha value is -2.38. The molecular weight excluding hydrogens is 358 g/mol. The second kappa shape index (κ2) is 8.54. The maximum atomic E-state index is 5.49. The van der Waals surface area contributed by atoms with Gasteiger partial charge in [0.2, 0.25) is 5.95 Å². The second-order valence-corrected chi connectivity index (χ2v) is 7.53. The summed E-state index contributed by atoms with van der Waals surface area (Å²) < 4.78 is 7.65. The number of anilines is 1. The van der Waals surface area contributed by atoms with Gasteiger partial charge >= 0.3 is 0 Å². The third kappa shape index (κ3) is 4.31. The van der Waals surface area contributed by atoms with Gasteiger partial charge in [-0.1, -0.05) is 35.5 Å². The Bertz CT molecular complexity index is 860. The Morgan fingerprint density at radius 1 is 1.04 bits per heavy atom. The molecule has 7 heteroatoms. The van der Waals surface area contributed by atoms with Crippen molar-refractivity contribution in [2.75, 3.05) is 37.0 Å². The van der Waals surface area contributed by atoms with Gasteiger partial charge in [0.05, 0.1) is 18.9 Å². The fourth-order valence-electron chi connectivity index (χ4n) is 3.04. The summed E-state index contributed by atoms with van der Waals surface area (Å²) in [6.45, 7) is 5.22. The molecule has 27 heavy (non-hydrogen) atoms. The van der Waals surface area contributed by atoms with Crippen LogP contribution in [-0.4, -0.2) is 51.8 Å². The van der Waals surface area contributed by atoms with Gasteiger partial charge in [-0.05, 0) is 37.6 Å². The molecule has 0 unspecified atom stereocenters. The first-order valence-corrected chi connectivity index (χ1v) is 10.2. The van der Waals surface area contributed by atoms with Crippen molar-refractivity contribution in [3.8, 4) is 5.69 Å². The lowest BCUT2D eigenvalue weighted by atomic mass is 10.2. The second-order valence-electron chi connectivity index (χ2n) is 6.47. The number of morpholine rings is 1. The normalized spacial score (nSPS) is 14.5. The summed E-state index contributed by atoms with van der Waals surface area (Å²) in [5.74, 6) is 1.80. The van der Waals surface area contributed by atoms with Crippen molar-refractivity contribution in [3.05, 3.63) is 59.9 Å². The van der Waals surface area contributed by atoms with Crippen molar-refractivity contribution in [1.29, 1.82) is 0 Å². The van der Waals surface area contributed by atoms with E-state index in [0.717, 1.165) is 61.0 Å². The SMILES string of the molecule is Cc1ccc(-n2c(SCCc3ccccn3)nnc2N2CCOCC2)cc1. The van der Waals surface area contributed by atoms with Crippen molar-refractivity contribution in [3.63, 3.8) is 0 Å². The Morgan fingerprint density at radius 2 is 1.85 bits per heavy atom. The van der Waals surface area contributed by atoms with Gasteiger partial charge in [0.25, 0.3) is 0 Å². The van der Waals surface area contributed by atoms with Gasteiger partial charge in [0, 0.05) is 30.7 Å². The fraction of sp³-hybridized carbons (Fsp3) is 0.350. The van der Waals surface area contributed by atoms with Crippen LogP contribution in [0.15, 0.2) is 53.8 Å². The van der Waals surface area contributed by atoms with E-state index >= 15 is 0 Å². The highest BCUT2D eigenvalue weighted by Crippen LogP contribution is 2.27. The predicted molar refractivity (Wildman–Crippen MR) is 108 cm³/mol. The minimum atomic E-state index is 0.725. The average molecular weight is 382 g/mol. The lowest BCUT2D eigenvalue weighted by Crippen LogP contribution is -2.37. The number of thioether (sulfide) groups is 1. The maximum absolute atomic E-state index is 5.49. The molecule has 3 aromatic rings. The molecule has 0 aliphatic carbocycles. The van der Waals surface area contributed by atoms with Crippen LogP contribution in [0.2, 0.25) is 0 Å². The van der Waals surface area contributed by atoms with Gasteiger partial charge in [-0.3, -0.25) is 9.55 Å². The van der Waals surface area contributed by atoms with Gasteiger partial charge in [-0.15, -0.1) is 10.2 Å². The zero-order valence-electron chi connectivity index (χ0n) is 15.4. The zero-order valence-corrected chi connectivity index (χ0v) is 16.2. The van der Waals surface area contributed by atoms with E-state index in [-0.39, 0.29) is 0 Å². The van der Waals surface area contributed by atoms with Gasteiger partial charge < -0.3 is 9.64 Å². The molecule has 1 aromatic carbocycles. The van der Waals surface area contributed by atoms with E-state index in [9.17, 15) is 0 Å². The molecule has 1 saturated heterocycles. The number of rotatable bonds is 6. The summed E-state index contributed by atoms with van der Waals surface area (Å²) in [6, 6.07) is 14.5. The zero-order chi connectivity index (χ0) is 18.5. The Labute approximate surface area is 163 Å². The first-order valence-electron chi connectivity index (χ1n) is 9.19. The van der Waals surface area contributed by atoms with Gasteiger partial charge in [-0.25, -0.2) is 0 Å². The summed E-state index contributed by atoms with van der Waals surface area (Å²) in [7, 11) is 0. The number of aromatic nitrogens is 4.